The first-order chi connectivity index (χ1) is 8.08. The van der Waals surface area contributed by atoms with Gasteiger partial charge in [-0.2, -0.15) is 0 Å². The second kappa shape index (κ2) is 7.19. The Morgan fingerprint density at radius 3 is 2.82 bits per heavy atom. The van der Waals surface area contributed by atoms with Crippen molar-refractivity contribution in [1.82, 2.24) is 4.98 Å². The molecule has 17 heavy (non-hydrogen) atoms. The van der Waals surface area contributed by atoms with Gasteiger partial charge in [0.05, 0.1) is 6.10 Å². The van der Waals surface area contributed by atoms with Crippen molar-refractivity contribution < 1.29 is 4.74 Å². The van der Waals surface area contributed by atoms with E-state index in [9.17, 15) is 0 Å². The van der Waals surface area contributed by atoms with Crippen LogP contribution in [0.4, 0.5) is 0 Å². The van der Waals surface area contributed by atoms with Crippen LogP contribution >= 0.6 is 35.6 Å². The normalized spacial score (nSPS) is 12.2. The van der Waals surface area contributed by atoms with Gasteiger partial charge < -0.3 is 4.74 Å². The molecule has 0 N–H and O–H groups in total. The van der Waals surface area contributed by atoms with Gasteiger partial charge in [-0.3, -0.25) is 0 Å². The molecule has 0 bridgehead atoms. The zero-order valence-electron chi connectivity index (χ0n) is 10.2. The molecule has 1 heterocycles. The summed E-state index contributed by atoms with van der Waals surface area (Å²) in [4.78, 5) is 5.28. The van der Waals surface area contributed by atoms with Crippen LogP contribution in [0.15, 0.2) is 17.0 Å². The number of hydrogen-bond donors (Lipinski definition) is 0. The van der Waals surface area contributed by atoms with Gasteiger partial charge in [-0.25, -0.2) is 4.98 Å². The van der Waals surface area contributed by atoms with Crippen LogP contribution in [0, 0.1) is 0 Å². The standard InChI is InChI=1S/C12H16ClNOS2/c1-4-8(3)15-12(16)11-9(17-5-2)6-7-10(13)14-11/h6-8H,4-5H2,1-3H3. The van der Waals surface area contributed by atoms with E-state index >= 15 is 0 Å². The van der Waals surface area contributed by atoms with E-state index in [-0.39, 0.29) is 6.10 Å². The molecule has 0 radical (unpaired) electrons. The summed E-state index contributed by atoms with van der Waals surface area (Å²) in [6, 6.07) is 3.71. The molecule has 0 fully saturated rings. The molecule has 2 nitrogen and oxygen atoms in total. The van der Waals surface area contributed by atoms with Crippen LogP contribution in [-0.4, -0.2) is 21.9 Å². The number of pyridine rings is 1. The first kappa shape index (κ1) is 14.7. The molecule has 0 saturated heterocycles. The van der Waals surface area contributed by atoms with E-state index in [1.807, 2.05) is 13.0 Å². The first-order valence-electron chi connectivity index (χ1n) is 5.58. The molecule has 0 aromatic carbocycles. The summed E-state index contributed by atoms with van der Waals surface area (Å²) in [5, 5.41) is 0.869. The summed E-state index contributed by atoms with van der Waals surface area (Å²) >= 11 is 12.8. The van der Waals surface area contributed by atoms with Crippen molar-refractivity contribution >= 4 is 40.6 Å². The largest absolute Gasteiger partial charge is 0.479 e. The van der Waals surface area contributed by atoms with Crippen LogP contribution in [0.1, 0.15) is 32.9 Å². The summed E-state index contributed by atoms with van der Waals surface area (Å²) in [6.07, 6.45) is 1.01. The Hall–Kier alpha value is -0.320. The van der Waals surface area contributed by atoms with Crippen molar-refractivity contribution in [3.05, 3.63) is 23.0 Å². The third-order valence-corrected chi connectivity index (χ3v) is 3.63. The smallest absolute Gasteiger partial charge is 0.211 e. The van der Waals surface area contributed by atoms with E-state index in [0.717, 1.165) is 17.1 Å². The Kier molecular flexibility index (Phi) is 6.23. The van der Waals surface area contributed by atoms with Gasteiger partial charge in [0.25, 0.3) is 0 Å². The van der Waals surface area contributed by atoms with Gasteiger partial charge >= 0.3 is 0 Å². The minimum absolute atomic E-state index is 0.0998. The average molecular weight is 290 g/mol. The molecule has 0 spiro atoms. The Morgan fingerprint density at radius 2 is 2.24 bits per heavy atom. The second-order valence-electron chi connectivity index (χ2n) is 3.54. The lowest BCUT2D eigenvalue weighted by Crippen LogP contribution is -2.15. The quantitative estimate of drug-likeness (QED) is 0.457. The van der Waals surface area contributed by atoms with Crippen LogP contribution in [0.25, 0.3) is 0 Å². The fourth-order valence-corrected chi connectivity index (χ4v) is 2.44. The Balaban J connectivity index is 2.93. The highest BCUT2D eigenvalue weighted by atomic mass is 35.5. The number of thiocarbonyl (C=S) groups is 1. The monoisotopic (exact) mass is 289 g/mol. The summed E-state index contributed by atoms with van der Waals surface area (Å²) in [7, 11) is 0. The summed E-state index contributed by atoms with van der Waals surface area (Å²) in [5.74, 6) is 0.961. The van der Waals surface area contributed by atoms with E-state index in [2.05, 4.69) is 18.8 Å². The van der Waals surface area contributed by atoms with Gasteiger partial charge in [-0.1, -0.05) is 25.4 Å². The number of aromatic nitrogens is 1. The van der Waals surface area contributed by atoms with E-state index in [1.165, 1.54) is 0 Å². The maximum absolute atomic E-state index is 5.90. The predicted molar refractivity (Wildman–Crippen MR) is 78.2 cm³/mol. The molecule has 1 unspecified atom stereocenters. The van der Waals surface area contributed by atoms with Crippen LogP contribution < -0.4 is 0 Å². The van der Waals surface area contributed by atoms with Crippen LogP contribution in [0.3, 0.4) is 0 Å². The third kappa shape index (κ3) is 4.45. The zero-order chi connectivity index (χ0) is 12.8. The van der Waals surface area contributed by atoms with E-state index in [4.69, 9.17) is 28.6 Å². The lowest BCUT2D eigenvalue weighted by Gasteiger charge is -2.14. The van der Waals surface area contributed by atoms with Crippen molar-refractivity contribution in [2.24, 2.45) is 0 Å². The van der Waals surface area contributed by atoms with E-state index in [0.29, 0.717) is 15.9 Å². The number of ether oxygens (including phenoxy) is 1. The fourth-order valence-electron chi connectivity index (χ4n) is 1.16. The molecule has 0 amide bonds. The zero-order valence-corrected chi connectivity index (χ0v) is 12.6. The molecule has 0 aliphatic heterocycles. The maximum Gasteiger partial charge on any atom is 0.211 e. The number of nitrogens with zero attached hydrogens (tertiary/aromatic N) is 1. The number of rotatable bonds is 5. The SMILES string of the molecule is CCSc1ccc(Cl)nc1C(=S)OC(C)CC. The molecule has 1 aromatic rings. The van der Waals surface area contributed by atoms with Gasteiger partial charge in [-0.05, 0) is 43.4 Å². The van der Waals surface area contributed by atoms with Crippen LogP contribution in [-0.2, 0) is 4.74 Å². The van der Waals surface area contributed by atoms with E-state index in [1.54, 1.807) is 17.8 Å². The molecule has 1 rings (SSSR count). The summed E-state index contributed by atoms with van der Waals surface area (Å²) in [5.41, 5.74) is 0.680. The molecule has 1 atom stereocenters. The molecule has 1 aromatic heterocycles. The number of hydrogen-bond acceptors (Lipinski definition) is 4. The molecule has 5 heteroatoms. The molecular weight excluding hydrogens is 274 g/mol. The minimum atomic E-state index is 0.0998. The predicted octanol–water partition coefficient (Wildman–Crippen LogP) is 4.34. The molecular formula is C12H16ClNOS2. The minimum Gasteiger partial charge on any atom is -0.479 e. The Bertz CT molecular complexity index is 398. The van der Waals surface area contributed by atoms with Crippen LogP contribution in [0.2, 0.25) is 5.15 Å². The van der Waals surface area contributed by atoms with Crippen molar-refractivity contribution in [2.75, 3.05) is 5.75 Å². The highest BCUT2D eigenvalue weighted by Gasteiger charge is 2.14. The molecule has 0 aliphatic rings. The summed E-state index contributed by atoms with van der Waals surface area (Å²) in [6.45, 7) is 6.13. The lowest BCUT2D eigenvalue weighted by molar-refractivity contribution is 0.210. The fraction of sp³-hybridized carbons (Fsp3) is 0.500. The molecule has 0 saturated carbocycles. The molecule has 94 valence electrons. The highest BCUT2D eigenvalue weighted by Crippen LogP contribution is 2.24. The second-order valence-corrected chi connectivity index (χ2v) is 5.60. The van der Waals surface area contributed by atoms with Crippen molar-refractivity contribution in [3.63, 3.8) is 0 Å². The molecule has 0 aliphatic carbocycles. The number of halogens is 1. The van der Waals surface area contributed by atoms with Crippen molar-refractivity contribution in [2.45, 2.75) is 38.2 Å². The third-order valence-electron chi connectivity index (χ3n) is 2.20. The first-order valence-corrected chi connectivity index (χ1v) is 7.36. The van der Waals surface area contributed by atoms with Gasteiger partial charge in [0.1, 0.15) is 10.8 Å². The number of thioether (sulfide) groups is 1. The van der Waals surface area contributed by atoms with Crippen LogP contribution in [0.5, 0.6) is 0 Å². The van der Waals surface area contributed by atoms with Crippen molar-refractivity contribution in [1.29, 1.82) is 0 Å². The Morgan fingerprint density at radius 1 is 1.53 bits per heavy atom. The topological polar surface area (TPSA) is 22.1 Å². The van der Waals surface area contributed by atoms with Gasteiger partial charge in [0.2, 0.25) is 5.05 Å². The average Bonchev–Trinajstić information content (AvgIpc) is 2.31. The van der Waals surface area contributed by atoms with Gasteiger partial charge in [0.15, 0.2) is 0 Å². The highest BCUT2D eigenvalue weighted by molar-refractivity contribution is 7.99. The van der Waals surface area contributed by atoms with Gasteiger partial charge in [-0.15, -0.1) is 11.8 Å². The maximum atomic E-state index is 5.90. The lowest BCUT2D eigenvalue weighted by atomic mass is 10.3. The van der Waals surface area contributed by atoms with Crippen molar-refractivity contribution in [3.8, 4) is 0 Å². The Labute approximate surface area is 117 Å². The van der Waals surface area contributed by atoms with E-state index < -0.39 is 0 Å². The summed E-state index contributed by atoms with van der Waals surface area (Å²) < 4.78 is 5.62. The van der Waals surface area contributed by atoms with Gasteiger partial charge in [0, 0.05) is 4.90 Å².